The van der Waals surface area contributed by atoms with Crippen LogP contribution < -0.4 is 0 Å². The molecule has 1 aromatic heterocycles. The van der Waals surface area contributed by atoms with Crippen molar-refractivity contribution in [1.29, 1.82) is 0 Å². The van der Waals surface area contributed by atoms with Gasteiger partial charge in [0, 0.05) is 22.1 Å². The first-order valence-electron chi connectivity index (χ1n) is 23.9. The summed E-state index contributed by atoms with van der Waals surface area (Å²) < 4.78 is 0. The van der Waals surface area contributed by atoms with E-state index >= 15 is 0 Å². The smallest absolute Gasteiger partial charge is 0.161 e. The van der Waals surface area contributed by atoms with E-state index in [2.05, 4.69) is 257 Å². The molecule has 11 aromatic carbocycles. The van der Waals surface area contributed by atoms with Crippen molar-refractivity contribution in [3.8, 4) is 89.5 Å². The number of aromatic nitrogens is 2. The fourth-order valence-corrected chi connectivity index (χ4v) is 11.2. The Labute approximate surface area is 402 Å². The van der Waals surface area contributed by atoms with E-state index in [1.165, 1.54) is 55.3 Å². The highest BCUT2D eigenvalue weighted by atomic mass is 14.9. The topological polar surface area (TPSA) is 25.8 Å². The first-order valence-corrected chi connectivity index (χ1v) is 23.9. The summed E-state index contributed by atoms with van der Waals surface area (Å²) in [6, 6.07) is 88.0. The molecule has 0 spiro atoms. The van der Waals surface area contributed by atoms with Gasteiger partial charge < -0.3 is 0 Å². The highest BCUT2D eigenvalue weighted by Gasteiger charge is 2.37. The van der Waals surface area contributed by atoms with Gasteiger partial charge in [-0.05, 0) is 123 Å². The van der Waals surface area contributed by atoms with Crippen molar-refractivity contribution in [1.82, 2.24) is 9.97 Å². The van der Waals surface area contributed by atoms with Crippen LogP contribution in [0.4, 0.5) is 0 Å². The summed E-state index contributed by atoms with van der Waals surface area (Å²) in [6.07, 6.45) is 0. The molecule has 1 aliphatic rings. The number of hydrogen-bond donors (Lipinski definition) is 0. The molecule has 1 aliphatic carbocycles. The van der Waals surface area contributed by atoms with Gasteiger partial charge in [0.15, 0.2) is 5.82 Å². The largest absolute Gasteiger partial charge is 0.228 e. The quantitative estimate of drug-likeness (QED) is 0.149. The molecule has 0 atom stereocenters. The predicted octanol–water partition coefficient (Wildman–Crippen LogP) is 17.9. The molecule has 0 aliphatic heterocycles. The molecule has 0 radical (unpaired) electrons. The normalized spacial score (nSPS) is 12.6. The van der Waals surface area contributed by atoms with E-state index < -0.39 is 0 Å². The minimum absolute atomic E-state index is 0.128. The summed E-state index contributed by atoms with van der Waals surface area (Å²) in [5, 5.41) is 7.08. The minimum Gasteiger partial charge on any atom is -0.228 e. The molecular formula is C67H46N2. The maximum Gasteiger partial charge on any atom is 0.161 e. The molecule has 2 nitrogen and oxygen atoms in total. The van der Waals surface area contributed by atoms with Gasteiger partial charge in [-0.3, -0.25) is 0 Å². The van der Waals surface area contributed by atoms with Crippen LogP contribution in [0.15, 0.2) is 243 Å². The first-order chi connectivity index (χ1) is 34.0. The summed E-state index contributed by atoms with van der Waals surface area (Å²) in [4.78, 5) is 11.2. The summed E-state index contributed by atoms with van der Waals surface area (Å²) in [5.41, 5.74) is 19.5. The summed E-state index contributed by atoms with van der Waals surface area (Å²) in [6.45, 7) is 4.75. The SMILES string of the molecule is CC1(C)c2cc3ccccc3cc2-c2c(-c3cccc(-c4c5ccccc5c(-c5nc(-c6ccccc6-c6ccccc6)cc(-c6ccccc6-c6ccccc6)n5)c5ccccc45)c3)cccc21. The van der Waals surface area contributed by atoms with Crippen molar-refractivity contribution in [3.63, 3.8) is 0 Å². The Bertz CT molecular complexity index is 3820. The third-order valence-corrected chi connectivity index (χ3v) is 14.5. The molecule has 69 heavy (non-hydrogen) atoms. The van der Waals surface area contributed by atoms with E-state index in [9.17, 15) is 0 Å². The molecule has 2 heteroatoms. The number of fused-ring (bicyclic) bond motifs is 6. The Balaban J connectivity index is 1.04. The van der Waals surface area contributed by atoms with Crippen LogP contribution >= 0.6 is 0 Å². The highest BCUT2D eigenvalue weighted by molar-refractivity contribution is 6.21. The second kappa shape index (κ2) is 16.3. The molecule has 1 heterocycles. The monoisotopic (exact) mass is 878 g/mol. The summed E-state index contributed by atoms with van der Waals surface area (Å²) >= 11 is 0. The highest BCUT2D eigenvalue weighted by Crippen LogP contribution is 2.54. The first kappa shape index (κ1) is 40.5. The van der Waals surface area contributed by atoms with Crippen molar-refractivity contribution in [2.45, 2.75) is 19.3 Å². The Hall–Kier alpha value is -8.72. The van der Waals surface area contributed by atoms with Crippen LogP contribution in [0.1, 0.15) is 25.0 Å². The van der Waals surface area contributed by atoms with Crippen LogP contribution in [0, 0.1) is 0 Å². The number of hydrogen-bond acceptors (Lipinski definition) is 2. The number of benzene rings is 11. The minimum atomic E-state index is -0.128. The van der Waals surface area contributed by atoms with E-state index in [-0.39, 0.29) is 5.41 Å². The Kier molecular flexibility index (Phi) is 9.55. The molecule has 0 N–H and O–H groups in total. The fourth-order valence-electron chi connectivity index (χ4n) is 11.2. The molecular weight excluding hydrogens is 833 g/mol. The molecule has 12 aromatic rings. The zero-order valence-corrected chi connectivity index (χ0v) is 38.5. The average Bonchev–Trinajstić information content (AvgIpc) is 3.64. The molecule has 0 bridgehead atoms. The molecule has 0 saturated heterocycles. The van der Waals surface area contributed by atoms with E-state index in [0.717, 1.165) is 71.9 Å². The lowest BCUT2D eigenvalue weighted by Crippen LogP contribution is -2.14. The maximum absolute atomic E-state index is 5.62. The lowest BCUT2D eigenvalue weighted by molar-refractivity contribution is 0.661. The van der Waals surface area contributed by atoms with Crippen molar-refractivity contribution >= 4 is 32.3 Å². The number of rotatable bonds is 7. The second-order valence-corrected chi connectivity index (χ2v) is 18.8. The Morgan fingerprint density at radius 3 is 1.29 bits per heavy atom. The fraction of sp³-hybridized carbons (Fsp3) is 0.0448. The van der Waals surface area contributed by atoms with Crippen LogP contribution in [0.3, 0.4) is 0 Å². The van der Waals surface area contributed by atoms with Crippen LogP contribution in [0.2, 0.25) is 0 Å². The number of nitrogens with zero attached hydrogens (tertiary/aromatic N) is 2. The van der Waals surface area contributed by atoms with Gasteiger partial charge in [0.25, 0.3) is 0 Å². The van der Waals surface area contributed by atoms with E-state index in [0.29, 0.717) is 5.82 Å². The Morgan fingerprint density at radius 1 is 0.275 bits per heavy atom. The maximum atomic E-state index is 5.62. The van der Waals surface area contributed by atoms with Crippen molar-refractivity contribution in [2.75, 3.05) is 0 Å². The van der Waals surface area contributed by atoms with Gasteiger partial charge in [0.1, 0.15) is 0 Å². The van der Waals surface area contributed by atoms with Gasteiger partial charge in [-0.1, -0.05) is 232 Å². The van der Waals surface area contributed by atoms with Gasteiger partial charge in [-0.15, -0.1) is 0 Å². The molecule has 0 unspecified atom stereocenters. The van der Waals surface area contributed by atoms with Gasteiger partial charge >= 0.3 is 0 Å². The van der Waals surface area contributed by atoms with Gasteiger partial charge in [0.2, 0.25) is 0 Å². The summed E-state index contributed by atoms with van der Waals surface area (Å²) in [7, 11) is 0. The van der Waals surface area contributed by atoms with Crippen molar-refractivity contribution in [3.05, 3.63) is 254 Å². The van der Waals surface area contributed by atoms with E-state index in [4.69, 9.17) is 9.97 Å². The second-order valence-electron chi connectivity index (χ2n) is 18.8. The molecule has 0 amide bonds. The van der Waals surface area contributed by atoms with E-state index in [1.54, 1.807) is 0 Å². The third kappa shape index (κ3) is 6.71. The van der Waals surface area contributed by atoms with Crippen LogP contribution in [0.25, 0.3) is 122 Å². The van der Waals surface area contributed by atoms with Crippen LogP contribution in [-0.2, 0) is 5.41 Å². The van der Waals surface area contributed by atoms with Gasteiger partial charge in [-0.25, -0.2) is 9.97 Å². The zero-order chi connectivity index (χ0) is 46.1. The molecule has 0 saturated carbocycles. The van der Waals surface area contributed by atoms with Gasteiger partial charge in [0.05, 0.1) is 11.4 Å². The van der Waals surface area contributed by atoms with Gasteiger partial charge in [-0.2, -0.15) is 0 Å². The lowest BCUT2D eigenvalue weighted by Gasteiger charge is -2.22. The standard InChI is InChI=1S/C67H46N2/c1-67(2)59-38-20-37-51(64(59)58-40-45-25-9-10-26-46(45)41-60(58)67)47-27-19-28-48(39-47)63-54-33-15-17-35-56(54)65(57-36-18-16-34-55(57)63)66-68-61(52-31-13-11-29-49(52)43-21-5-3-6-22-43)42-62(69-66)53-32-14-12-30-50(53)44-23-7-4-8-24-44/h3-42H,1-2H3. The average molecular weight is 879 g/mol. The third-order valence-electron chi connectivity index (χ3n) is 14.5. The molecule has 324 valence electrons. The zero-order valence-electron chi connectivity index (χ0n) is 38.5. The lowest BCUT2D eigenvalue weighted by atomic mass is 9.81. The van der Waals surface area contributed by atoms with E-state index in [1.807, 2.05) is 0 Å². The molecule has 0 fully saturated rings. The Morgan fingerprint density at radius 2 is 0.710 bits per heavy atom. The van der Waals surface area contributed by atoms with Crippen LogP contribution in [0.5, 0.6) is 0 Å². The van der Waals surface area contributed by atoms with Crippen LogP contribution in [-0.4, -0.2) is 9.97 Å². The van der Waals surface area contributed by atoms with Crippen molar-refractivity contribution < 1.29 is 0 Å². The molecule has 13 rings (SSSR count). The predicted molar refractivity (Wildman–Crippen MR) is 290 cm³/mol. The summed E-state index contributed by atoms with van der Waals surface area (Å²) in [5.74, 6) is 0.689. The van der Waals surface area contributed by atoms with Crippen molar-refractivity contribution in [2.24, 2.45) is 0 Å².